The maximum absolute atomic E-state index is 12.6. The van der Waals surface area contributed by atoms with Gasteiger partial charge in [0.2, 0.25) is 11.8 Å². The predicted molar refractivity (Wildman–Crippen MR) is 132 cm³/mol. The summed E-state index contributed by atoms with van der Waals surface area (Å²) in [5.41, 5.74) is 0.752. The first kappa shape index (κ1) is 24.9. The van der Waals surface area contributed by atoms with E-state index in [1.165, 1.54) is 29.2 Å². The van der Waals surface area contributed by atoms with Crippen LogP contribution in [0, 0.1) is 0 Å². The standard InChI is InChI=1S/C23H25N5O5S2/c1-2-32-23(31)16-11-18(33-27-16)17-12-35-22(25-17)15-6-9-28(10-7-15)21(30)14-34-13-20(29)26-19-5-3-4-8-24-19/h3-5,8,11-12,15H,2,6-7,9-10,13-14H2,1H3,(H,24,26,29). The van der Waals surface area contributed by atoms with Crippen molar-refractivity contribution in [2.75, 3.05) is 36.5 Å². The van der Waals surface area contributed by atoms with E-state index in [4.69, 9.17) is 9.26 Å². The highest BCUT2D eigenvalue weighted by molar-refractivity contribution is 8.00. The van der Waals surface area contributed by atoms with Crippen molar-refractivity contribution in [1.82, 2.24) is 20.0 Å². The SMILES string of the molecule is CCOC(=O)c1cc(-c2csc(C3CCN(C(=O)CSCC(=O)Nc4ccccn4)CC3)n2)on1. The lowest BCUT2D eigenvalue weighted by Crippen LogP contribution is -2.39. The van der Waals surface area contributed by atoms with E-state index >= 15 is 0 Å². The minimum Gasteiger partial charge on any atom is -0.461 e. The maximum atomic E-state index is 12.6. The van der Waals surface area contributed by atoms with Crippen LogP contribution in [0.1, 0.15) is 41.2 Å². The summed E-state index contributed by atoms with van der Waals surface area (Å²) < 4.78 is 10.2. The Labute approximate surface area is 210 Å². The first-order chi connectivity index (χ1) is 17.0. The lowest BCUT2D eigenvalue weighted by Gasteiger charge is -2.31. The number of amides is 2. The molecule has 10 nitrogen and oxygen atoms in total. The Bertz CT molecular complexity index is 1160. The molecular weight excluding hydrogens is 490 g/mol. The number of pyridine rings is 1. The molecule has 0 unspecified atom stereocenters. The lowest BCUT2D eigenvalue weighted by molar-refractivity contribution is -0.129. The number of carbonyl (C=O) groups is 3. The van der Waals surface area contributed by atoms with Crippen LogP contribution in [-0.2, 0) is 14.3 Å². The van der Waals surface area contributed by atoms with E-state index in [1.807, 2.05) is 10.3 Å². The third-order valence-corrected chi connectivity index (χ3v) is 7.28. The highest BCUT2D eigenvalue weighted by Gasteiger charge is 2.26. The first-order valence-electron chi connectivity index (χ1n) is 11.2. The predicted octanol–water partition coefficient (Wildman–Crippen LogP) is 3.45. The number of ether oxygens (including phenoxy) is 1. The number of hydrogen-bond acceptors (Lipinski definition) is 10. The average Bonchev–Trinajstić information content (AvgIpc) is 3.55. The molecule has 0 atom stereocenters. The quantitative estimate of drug-likeness (QED) is 0.426. The van der Waals surface area contributed by atoms with Crippen molar-refractivity contribution in [3.8, 4) is 11.5 Å². The Morgan fingerprint density at radius 1 is 1.26 bits per heavy atom. The summed E-state index contributed by atoms with van der Waals surface area (Å²) in [4.78, 5) is 46.9. The van der Waals surface area contributed by atoms with E-state index in [1.54, 1.807) is 31.3 Å². The van der Waals surface area contributed by atoms with E-state index in [2.05, 4.69) is 20.4 Å². The number of rotatable bonds is 9. The molecule has 35 heavy (non-hydrogen) atoms. The monoisotopic (exact) mass is 515 g/mol. The molecule has 0 saturated carbocycles. The Kier molecular flexibility index (Phi) is 8.48. The van der Waals surface area contributed by atoms with E-state index < -0.39 is 5.97 Å². The van der Waals surface area contributed by atoms with Gasteiger partial charge in [-0.3, -0.25) is 9.59 Å². The summed E-state index contributed by atoms with van der Waals surface area (Å²) in [6.07, 6.45) is 3.24. The number of piperidine rings is 1. The van der Waals surface area contributed by atoms with Crippen LogP contribution in [0.25, 0.3) is 11.5 Å². The number of anilines is 1. The van der Waals surface area contributed by atoms with Crippen LogP contribution < -0.4 is 5.32 Å². The number of likely N-dealkylation sites (tertiary alicyclic amines) is 1. The van der Waals surface area contributed by atoms with Crippen LogP contribution in [0.5, 0.6) is 0 Å². The van der Waals surface area contributed by atoms with Crippen molar-refractivity contribution in [2.45, 2.75) is 25.7 Å². The van der Waals surface area contributed by atoms with Crippen LogP contribution in [0.3, 0.4) is 0 Å². The average molecular weight is 516 g/mol. The Morgan fingerprint density at radius 3 is 2.83 bits per heavy atom. The molecule has 0 spiro atoms. The summed E-state index contributed by atoms with van der Waals surface area (Å²) in [6, 6.07) is 6.83. The summed E-state index contributed by atoms with van der Waals surface area (Å²) in [7, 11) is 0. The zero-order valence-corrected chi connectivity index (χ0v) is 20.8. The third kappa shape index (κ3) is 6.67. The highest BCUT2D eigenvalue weighted by Crippen LogP contribution is 2.33. The zero-order valence-electron chi connectivity index (χ0n) is 19.1. The Morgan fingerprint density at radius 2 is 2.09 bits per heavy atom. The van der Waals surface area contributed by atoms with Crippen LogP contribution in [0.2, 0.25) is 0 Å². The largest absolute Gasteiger partial charge is 0.461 e. The highest BCUT2D eigenvalue weighted by atomic mass is 32.2. The second-order valence-corrected chi connectivity index (χ2v) is 9.65. The van der Waals surface area contributed by atoms with Gasteiger partial charge < -0.3 is 19.5 Å². The molecule has 3 aromatic rings. The van der Waals surface area contributed by atoms with Gasteiger partial charge >= 0.3 is 5.97 Å². The summed E-state index contributed by atoms with van der Waals surface area (Å²) in [6.45, 7) is 3.29. The van der Waals surface area contributed by atoms with Crippen molar-refractivity contribution < 1.29 is 23.6 Å². The molecule has 184 valence electrons. The minimum absolute atomic E-state index is 0.0343. The van der Waals surface area contributed by atoms with Gasteiger partial charge in [0.05, 0.1) is 23.1 Å². The molecule has 0 radical (unpaired) electrons. The molecule has 2 amide bonds. The van der Waals surface area contributed by atoms with Gasteiger partial charge in [-0.1, -0.05) is 11.2 Å². The molecule has 1 saturated heterocycles. The van der Waals surface area contributed by atoms with Crippen LogP contribution >= 0.6 is 23.1 Å². The minimum atomic E-state index is -0.526. The molecule has 4 rings (SSSR count). The molecule has 0 aromatic carbocycles. The Hall–Kier alpha value is -3.25. The van der Waals surface area contributed by atoms with Gasteiger partial charge in [-0.05, 0) is 31.9 Å². The number of esters is 1. The molecule has 0 aliphatic carbocycles. The molecule has 1 aliphatic rings. The van der Waals surface area contributed by atoms with Gasteiger partial charge in [-0.15, -0.1) is 23.1 Å². The molecule has 1 fully saturated rings. The summed E-state index contributed by atoms with van der Waals surface area (Å²) >= 11 is 2.83. The smallest absolute Gasteiger partial charge is 0.360 e. The van der Waals surface area contributed by atoms with Gasteiger partial charge in [-0.25, -0.2) is 14.8 Å². The number of aromatic nitrogens is 3. The van der Waals surface area contributed by atoms with E-state index in [-0.39, 0.29) is 41.5 Å². The lowest BCUT2D eigenvalue weighted by atomic mass is 9.97. The Balaban J connectivity index is 1.21. The maximum Gasteiger partial charge on any atom is 0.360 e. The fourth-order valence-electron chi connectivity index (χ4n) is 3.60. The number of nitrogens with zero attached hydrogens (tertiary/aromatic N) is 4. The molecule has 1 aliphatic heterocycles. The molecule has 1 N–H and O–H groups in total. The van der Waals surface area contributed by atoms with Crippen LogP contribution in [0.4, 0.5) is 5.82 Å². The number of thioether (sulfide) groups is 1. The topological polar surface area (TPSA) is 128 Å². The number of thiazole rings is 1. The van der Waals surface area contributed by atoms with E-state index in [0.717, 1.165) is 17.8 Å². The van der Waals surface area contributed by atoms with E-state index in [0.29, 0.717) is 30.4 Å². The molecule has 0 bridgehead atoms. The first-order valence-corrected chi connectivity index (χ1v) is 13.2. The zero-order chi connectivity index (χ0) is 24.6. The molecule has 4 heterocycles. The van der Waals surface area contributed by atoms with Gasteiger partial charge in [0.15, 0.2) is 11.5 Å². The van der Waals surface area contributed by atoms with Crippen molar-refractivity contribution in [3.05, 3.63) is 46.5 Å². The van der Waals surface area contributed by atoms with Gasteiger partial charge in [0.25, 0.3) is 0 Å². The fraction of sp³-hybridized carbons (Fsp3) is 0.391. The van der Waals surface area contributed by atoms with Gasteiger partial charge in [-0.2, -0.15) is 0 Å². The van der Waals surface area contributed by atoms with Gasteiger partial charge in [0, 0.05) is 36.7 Å². The third-order valence-electron chi connectivity index (χ3n) is 5.36. The second kappa shape index (κ2) is 11.9. The van der Waals surface area contributed by atoms with E-state index in [9.17, 15) is 14.4 Å². The van der Waals surface area contributed by atoms with Gasteiger partial charge in [0.1, 0.15) is 11.5 Å². The fourth-order valence-corrected chi connectivity index (χ4v) is 5.30. The van der Waals surface area contributed by atoms with Crippen molar-refractivity contribution in [3.63, 3.8) is 0 Å². The number of nitrogens with one attached hydrogen (secondary N) is 1. The molecule has 3 aromatic heterocycles. The van der Waals surface area contributed by atoms with Crippen molar-refractivity contribution >= 4 is 46.7 Å². The molecular formula is C23H25N5O5S2. The number of hydrogen-bond donors (Lipinski definition) is 1. The van der Waals surface area contributed by atoms with Crippen molar-refractivity contribution in [1.29, 1.82) is 0 Å². The second-order valence-electron chi connectivity index (χ2n) is 7.78. The molecule has 12 heteroatoms. The van der Waals surface area contributed by atoms with Crippen LogP contribution in [-0.4, -0.2) is 69.0 Å². The summed E-state index contributed by atoms with van der Waals surface area (Å²) in [5, 5.41) is 9.33. The number of carbonyl (C=O) groups excluding carboxylic acids is 3. The summed E-state index contributed by atoms with van der Waals surface area (Å²) in [5.74, 6) is 0.958. The van der Waals surface area contributed by atoms with Crippen LogP contribution in [0.15, 0.2) is 40.4 Å². The van der Waals surface area contributed by atoms with Crippen molar-refractivity contribution in [2.24, 2.45) is 0 Å². The normalized spacial score (nSPS) is 14.0.